The molecule has 0 radical (unpaired) electrons. The number of aliphatic hydroxyl groups excluding tert-OH is 1. The van der Waals surface area contributed by atoms with Crippen LogP contribution in [0.3, 0.4) is 0 Å². The van der Waals surface area contributed by atoms with Crippen molar-refractivity contribution in [1.82, 2.24) is 5.32 Å². The summed E-state index contributed by atoms with van der Waals surface area (Å²) in [4.78, 5) is 11.2. The average Bonchev–Trinajstić information content (AvgIpc) is 2.12. The molecule has 0 aromatic heterocycles. The van der Waals surface area contributed by atoms with Crippen LogP contribution in [0.4, 0.5) is 0 Å². The number of nitrogens with one attached hydrogen (secondary N) is 1. The van der Waals surface area contributed by atoms with Gasteiger partial charge in [0.25, 0.3) is 0 Å². The van der Waals surface area contributed by atoms with Crippen molar-refractivity contribution in [2.75, 3.05) is 18.6 Å². The summed E-state index contributed by atoms with van der Waals surface area (Å²) in [6, 6.07) is 0. The fraction of sp³-hybridized carbons (Fsp3) is 0.900. The van der Waals surface area contributed by atoms with Crippen molar-refractivity contribution < 1.29 is 9.90 Å². The highest BCUT2D eigenvalue weighted by molar-refractivity contribution is 7.98. The molecule has 2 unspecified atom stereocenters. The first-order valence-corrected chi connectivity index (χ1v) is 6.39. The third kappa shape index (κ3) is 8.38. The molecular weight excluding hydrogens is 198 g/mol. The van der Waals surface area contributed by atoms with Crippen LogP contribution in [0.2, 0.25) is 0 Å². The Kier molecular flexibility index (Phi) is 7.99. The van der Waals surface area contributed by atoms with E-state index >= 15 is 0 Å². The molecule has 1 amide bonds. The molecule has 84 valence electrons. The molecular formula is C10H21NO2S. The molecule has 2 N–H and O–H groups in total. The maximum Gasteiger partial charge on any atom is 0.220 e. The van der Waals surface area contributed by atoms with Crippen molar-refractivity contribution >= 4 is 17.7 Å². The van der Waals surface area contributed by atoms with E-state index in [4.69, 9.17) is 5.11 Å². The average molecular weight is 219 g/mol. The third-order valence-corrected chi connectivity index (χ3v) is 2.79. The summed E-state index contributed by atoms with van der Waals surface area (Å²) >= 11 is 1.79. The number of aliphatic hydroxyl groups is 1. The van der Waals surface area contributed by atoms with Crippen molar-refractivity contribution in [3.05, 3.63) is 0 Å². The van der Waals surface area contributed by atoms with E-state index in [9.17, 15) is 4.79 Å². The van der Waals surface area contributed by atoms with E-state index in [2.05, 4.69) is 18.5 Å². The van der Waals surface area contributed by atoms with Gasteiger partial charge in [-0.1, -0.05) is 6.92 Å². The molecule has 0 bridgehead atoms. The van der Waals surface area contributed by atoms with E-state index < -0.39 is 0 Å². The Morgan fingerprint density at radius 2 is 2.14 bits per heavy atom. The van der Waals surface area contributed by atoms with Gasteiger partial charge in [-0.25, -0.2) is 0 Å². The van der Waals surface area contributed by atoms with Crippen LogP contribution in [-0.4, -0.2) is 35.7 Å². The van der Waals surface area contributed by atoms with Crippen LogP contribution in [0.5, 0.6) is 0 Å². The summed E-state index contributed by atoms with van der Waals surface area (Å²) in [5, 5.41) is 11.8. The summed E-state index contributed by atoms with van der Waals surface area (Å²) in [5.74, 6) is 1.62. The maximum absolute atomic E-state index is 11.2. The highest BCUT2D eigenvalue weighted by Gasteiger charge is 2.06. The normalized spacial score (nSPS) is 14.9. The van der Waals surface area contributed by atoms with Crippen LogP contribution in [0.15, 0.2) is 0 Å². The summed E-state index contributed by atoms with van der Waals surface area (Å²) in [5.41, 5.74) is 0. The molecule has 0 saturated heterocycles. The first-order valence-electron chi connectivity index (χ1n) is 5.00. The van der Waals surface area contributed by atoms with Gasteiger partial charge in [-0.3, -0.25) is 4.79 Å². The highest BCUT2D eigenvalue weighted by atomic mass is 32.2. The van der Waals surface area contributed by atoms with Gasteiger partial charge in [0.05, 0.1) is 6.10 Å². The summed E-state index contributed by atoms with van der Waals surface area (Å²) < 4.78 is 0. The Balaban J connectivity index is 3.43. The van der Waals surface area contributed by atoms with Gasteiger partial charge >= 0.3 is 0 Å². The van der Waals surface area contributed by atoms with Crippen LogP contribution >= 0.6 is 11.8 Å². The van der Waals surface area contributed by atoms with E-state index in [0.29, 0.717) is 18.8 Å². The number of hydrogen-bond donors (Lipinski definition) is 2. The molecule has 0 aromatic rings. The molecule has 2 atom stereocenters. The second kappa shape index (κ2) is 8.12. The predicted octanol–water partition coefficient (Wildman–Crippen LogP) is 1.26. The predicted molar refractivity (Wildman–Crippen MR) is 61.5 cm³/mol. The van der Waals surface area contributed by atoms with Gasteiger partial charge in [0, 0.05) is 13.0 Å². The molecule has 0 saturated carbocycles. The fourth-order valence-corrected chi connectivity index (χ4v) is 1.75. The summed E-state index contributed by atoms with van der Waals surface area (Å²) in [6.45, 7) is 4.55. The summed E-state index contributed by atoms with van der Waals surface area (Å²) in [7, 11) is 0. The Morgan fingerprint density at radius 3 is 2.64 bits per heavy atom. The number of rotatable bonds is 7. The zero-order valence-electron chi connectivity index (χ0n) is 9.25. The Morgan fingerprint density at radius 1 is 1.50 bits per heavy atom. The summed E-state index contributed by atoms with van der Waals surface area (Å²) in [6.07, 6.45) is 2.64. The number of hydrogen-bond acceptors (Lipinski definition) is 3. The van der Waals surface area contributed by atoms with E-state index in [1.807, 2.05) is 0 Å². The zero-order valence-corrected chi connectivity index (χ0v) is 10.1. The SMILES string of the molecule is CSCC(C)CNC(=O)CCC(C)O. The second-order valence-corrected chi connectivity index (χ2v) is 4.66. The molecule has 0 aromatic carbocycles. The van der Waals surface area contributed by atoms with Crippen molar-refractivity contribution in [3.63, 3.8) is 0 Å². The fourth-order valence-electron chi connectivity index (χ4n) is 1.06. The van der Waals surface area contributed by atoms with E-state index in [-0.39, 0.29) is 12.0 Å². The van der Waals surface area contributed by atoms with Crippen LogP contribution < -0.4 is 5.32 Å². The minimum atomic E-state index is -0.385. The zero-order chi connectivity index (χ0) is 11.0. The van der Waals surface area contributed by atoms with Gasteiger partial charge in [-0.05, 0) is 31.3 Å². The molecule has 0 aliphatic heterocycles. The smallest absolute Gasteiger partial charge is 0.220 e. The lowest BCUT2D eigenvalue weighted by Gasteiger charge is -2.11. The van der Waals surface area contributed by atoms with E-state index in [0.717, 1.165) is 12.3 Å². The van der Waals surface area contributed by atoms with Crippen molar-refractivity contribution in [1.29, 1.82) is 0 Å². The Bertz CT molecular complexity index is 162. The minimum Gasteiger partial charge on any atom is -0.393 e. The topological polar surface area (TPSA) is 49.3 Å². The lowest BCUT2D eigenvalue weighted by Crippen LogP contribution is -2.29. The lowest BCUT2D eigenvalue weighted by molar-refractivity contribution is -0.121. The largest absolute Gasteiger partial charge is 0.393 e. The third-order valence-electron chi connectivity index (χ3n) is 1.89. The van der Waals surface area contributed by atoms with Gasteiger partial charge in [-0.2, -0.15) is 11.8 Å². The van der Waals surface area contributed by atoms with Gasteiger partial charge in [-0.15, -0.1) is 0 Å². The molecule has 14 heavy (non-hydrogen) atoms. The Hall–Kier alpha value is -0.220. The van der Waals surface area contributed by atoms with Crippen LogP contribution in [-0.2, 0) is 4.79 Å². The molecule has 4 heteroatoms. The van der Waals surface area contributed by atoms with Gasteiger partial charge in [0.1, 0.15) is 0 Å². The standard InChI is InChI=1S/C10H21NO2S/c1-8(7-14-3)6-11-10(13)5-4-9(2)12/h8-9,12H,4-7H2,1-3H3,(H,11,13). The second-order valence-electron chi connectivity index (χ2n) is 3.75. The number of carbonyl (C=O) groups is 1. The Labute approximate surface area is 90.7 Å². The van der Waals surface area contributed by atoms with Crippen LogP contribution in [0.1, 0.15) is 26.7 Å². The van der Waals surface area contributed by atoms with Crippen LogP contribution in [0, 0.1) is 5.92 Å². The molecule has 0 spiro atoms. The maximum atomic E-state index is 11.2. The molecule has 0 heterocycles. The van der Waals surface area contributed by atoms with Gasteiger partial charge in [0.2, 0.25) is 5.91 Å². The van der Waals surface area contributed by atoms with Crippen molar-refractivity contribution in [2.45, 2.75) is 32.8 Å². The quantitative estimate of drug-likeness (QED) is 0.678. The first-order chi connectivity index (χ1) is 6.56. The van der Waals surface area contributed by atoms with E-state index in [1.54, 1.807) is 18.7 Å². The van der Waals surface area contributed by atoms with Crippen molar-refractivity contribution in [3.8, 4) is 0 Å². The highest BCUT2D eigenvalue weighted by Crippen LogP contribution is 2.03. The number of carbonyl (C=O) groups excluding carboxylic acids is 1. The minimum absolute atomic E-state index is 0.0406. The monoisotopic (exact) mass is 219 g/mol. The molecule has 0 fully saturated rings. The van der Waals surface area contributed by atoms with E-state index in [1.165, 1.54) is 0 Å². The van der Waals surface area contributed by atoms with Crippen LogP contribution in [0.25, 0.3) is 0 Å². The van der Waals surface area contributed by atoms with Crippen molar-refractivity contribution in [2.24, 2.45) is 5.92 Å². The molecule has 3 nitrogen and oxygen atoms in total. The molecule has 0 rings (SSSR count). The molecule has 0 aliphatic carbocycles. The van der Waals surface area contributed by atoms with Gasteiger partial charge in [0.15, 0.2) is 0 Å². The first kappa shape index (κ1) is 13.8. The number of thioether (sulfide) groups is 1. The van der Waals surface area contributed by atoms with Gasteiger partial charge < -0.3 is 10.4 Å². The lowest BCUT2D eigenvalue weighted by atomic mass is 10.2. The number of amides is 1. The molecule has 0 aliphatic rings.